The number of esters is 1. The Balaban J connectivity index is 1.32. The summed E-state index contributed by atoms with van der Waals surface area (Å²) in [7, 11) is -3.80. The molecule has 0 saturated carbocycles. The quantitative estimate of drug-likeness (QED) is 0.0314. The Morgan fingerprint density at radius 2 is 0.886 bits per heavy atom. The van der Waals surface area contributed by atoms with E-state index in [9.17, 15) is 35.2 Å². The summed E-state index contributed by atoms with van der Waals surface area (Å²) in [5, 5.41) is 0. The first-order valence-corrected chi connectivity index (χ1v) is 14.7. The van der Waals surface area contributed by atoms with Crippen molar-refractivity contribution in [1.29, 1.82) is 0 Å². The Bertz CT molecular complexity index is 1210. The summed E-state index contributed by atoms with van der Waals surface area (Å²) in [6, 6.07) is 7.80. The molecule has 0 radical (unpaired) electrons. The van der Waals surface area contributed by atoms with Crippen LogP contribution in [0.1, 0.15) is 6.42 Å². The van der Waals surface area contributed by atoms with Gasteiger partial charge in [0.15, 0.2) is 0 Å². The first-order chi connectivity index (χ1) is 21.1. The molecule has 0 atom stereocenters. The smallest absolute Gasteiger partial charge is 0.313 e. The lowest BCUT2D eigenvalue weighted by Gasteiger charge is -2.09. The van der Waals surface area contributed by atoms with E-state index in [2.05, 4.69) is 4.74 Å². The van der Waals surface area contributed by atoms with Gasteiger partial charge in [0.25, 0.3) is 10.1 Å². The molecule has 0 heterocycles. The fourth-order valence-electron chi connectivity index (χ4n) is 3.05. The van der Waals surface area contributed by atoms with Crippen LogP contribution in [-0.4, -0.2) is 100 Å². The molecule has 248 valence electrons. The van der Waals surface area contributed by atoms with Crippen molar-refractivity contribution in [2.45, 2.75) is 11.3 Å². The van der Waals surface area contributed by atoms with Gasteiger partial charge in [-0.3, -0.25) is 8.98 Å². The van der Waals surface area contributed by atoms with Crippen LogP contribution in [0.2, 0.25) is 0 Å². The van der Waals surface area contributed by atoms with Crippen LogP contribution in [0.5, 0.6) is 5.75 Å². The van der Waals surface area contributed by atoms with Gasteiger partial charge < -0.3 is 33.2 Å². The molecule has 0 amide bonds. The van der Waals surface area contributed by atoms with Gasteiger partial charge in [-0.15, -0.1) is 0 Å². The molecule has 2 aromatic carbocycles. The molecule has 2 aromatic rings. The molecular formula is C27H33F5O11S. The summed E-state index contributed by atoms with van der Waals surface area (Å²) in [5.41, 5.74) is 0. The van der Waals surface area contributed by atoms with E-state index in [1.54, 1.807) is 18.2 Å². The molecule has 0 bridgehead atoms. The Labute approximate surface area is 251 Å². The van der Waals surface area contributed by atoms with Gasteiger partial charge >= 0.3 is 5.97 Å². The van der Waals surface area contributed by atoms with Crippen molar-refractivity contribution in [3.8, 4) is 5.75 Å². The number of carbonyl (C=O) groups is 1. The van der Waals surface area contributed by atoms with E-state index in [1.807, 2.05) is 0 Å². The van der Waals surface area contributed by atoms with Gasteiger partial charge in [0.2, 0.25) is 34.8 Å². The molecule has 17 heteroatoms. The monoisotopic (exact) mass is 660 g/mol. The van der Waals surface area contributed by atoms with Gasteiger partial charge in [-0.05, 0) is 12.1 Å². The molecule has 0 saturated heterocycles. The summed E-state index contributed by atoms with van der Waals surface area (Å²) >= 11 is 0. The molecule has 0 unspecified atom stereocenters. The number of rotatable bonds is 24. The van der Waals surface area contributed by atoms with E-state index < -0.39 is 57.3 Å². The first kappa shape index (κ1) is 37.4. The molecule has 0 fully saturated rings. The van der Waals surface area contributed by atoms with Crippen molar-refractivity contribution in [1.82, 2.24) is 0 Å². The van der Waals surface area contributed by atoms with E-state index in [0.29, 0.717) is 33.0 Å². The number of benzene rings is 2. The summed E-state index contributed by atoms with van der Waals surface area (Å²) in [5.74, 6) is -14.2. The van der Waals surface area contributed by atoms with Crippen molar-refractivity contribution in [3.05, 3.63) is 59.4 Å². The topological polar surface area (TPSA) is 125 Å². The third kappa shape index (κ3) is 13.9. The van der Waals surface area contributed by atoms with Crippen LogP contribution >= 0.6 is 0 Å². The Hall–Kier alpha value is -2.77. The van der Waals surface area contributed by atoms with Crippen LogP contribution in [-0.2, 0) is 47.5 Å². The zero-order valence-electron chi connectivity index (χ0n) is 23.6. The Morgan fingerprint density at radius 3 is 1.32 bits per heavy atom. The highest BCUT2D eigenvalue weighted by Gasteiger charge is 2.28. The fraction of sp³-hybridized carbons (Fsp3) is 0.519. The minimum atomic E-state index is -3.80. The van der Waals surface area contributed by atoms with Crippen molar-refractivity contribution in [2.75, 3.05) is 85.9 Å². The third-order valence-corrected chi connectivity index (χ3v) is 6.52. The lowest BCUT2D eigenvalue weighted by atomic mass is 10.2. The number of ether oxygens (including phenoxy) is 7. The van der Waals surface area contributed by atoms with Crippen LogP contribution in [0, 0.1) is 29.1 Å². The maximum atomic E-state index is 13.5. The largest absolute Gasteiger partial charge is 0.420 e. The SMILES string of the molecule is O=C(CCOCCOCCOCCOCCOCCOCCOS(=O)(=O)c1ccccc1)Oc1c(F)c(F)c(F)c(F)c1F. The second-order valence-corrected chi connectivity index (χ2v) is 10.0. The second kappa shape index (κ2) is 21.1. The Morgan fingerprint density at radius 1 is 0.523 bits per heavy atom. The van der Waals surface area contributed by atoms with E-state index >= 15 is 0 Å². The van der Waals surface area contributed by atoms with Gasteiger partial charge in [0, 0.05) is 0 Å². The average Bonchev–Trinajstić information content (AvgIpc) is 3.02. The standard InChI is InChI=1S/C27H33F5O11S/c28-22-23(29)25(31)27(26(32)24(22)30)43-21(33)6-7-36-8-9-37-10-11-38-12-13-39-14-15-40-16-17-41-18-19-42-44(34,35)20-4-2-1-3-5-20/h1-5H,6-19H2. The molecule has 44 heavy (non-hydrogen) atoms. The zero-order chi connectivity index (χ0) is 32.2. The van der Waals surface area contributed by atoms with E-state index in [4.69, 9.17) is 32.6 Å². The molecule has 0 aliphatic heterocycles. The van der Waals surface area contributed by atoms with Crippen LogP contribution in [0.15, 0.2) is 35.2 Å². The van der Waals surface area contributed by atoms with Crippen LogP contribution in [0.25, 0.3) is 0 Å². The van der Waals surface area contributed by atoms with Gasteiger partial charge in [-0.2, -0.15) is 17.2 Å². The van der Waals surface area contributed by atoms with Crippen molar-refractivity contribution in [3.63, 3.8) is 0 Å². The highest BCUT2D eigenvalue weighted by molar-refractivity contribution is 7.86. The maximum Gasteiger partial charge on any atom is 0.313 e. The third-order valence-electron chi connectivity index (χ3n) is 5.19. The van der Waals surface area contributed by atoms with E-state index in [0.717, 1.165) is 0 Å². The minimum absolute atomic E-state index is 0.0634. The van der Waals surface area contributed by atoms with Crippen LogP contribution in [0.4, 0.5) is 22.0 Å². The molecule has 0 aliphatic carbocycles. The van der Waals surface area contributed by atoms with Gasteiger partial charge in [0.1, 0.15) is 0 Å². The normalized spacial score (nSPS) is 11.7. The number of hydrogen-bond donors (Lipinski definition) is 0. The highest BCUT2D eigenvalue weighted by atomic mass is 32.2. The van der Waals surface area contributed by atoms with Crippen molar-refractivity contribution >= 4 is 16.1 Å². The molecular weight excluding hydrogens is 627 g/mol. The van der Waals surface area contributed by atoms with Crippen LogP contribution < -0.4 is 4.74 Å². The molecule has 0 aromatic heterocycles. The summed E-state index contributed by atoms with van der Waals surface area (Å²) in [6.07, 6.45) is -0.499. The fourth-order valence-corrected chi connectivity index (χ4v) is 3.97. The average molecular weight is 661 g/mol. The highest BCUT2D eigenvalue weighted by Crippen LogP contribution is 2.29. The van der Waals surface area contributed by atoms with E-state index in [-0.39, 0.29) is 57.8 Å². The first-order valence-electron chi connectivity index (χ1n) is 13.3. The molecule has 2 rings (SSSR count). The lowest BCUT2D eigenvalue weighted by molar-refractivity contribution is -0.136. The van der Waals surface area contributed by atoms with Crippen LogP contribution in [0.3, 0.4) is 0 Å². The predicted octanol–water partition coefficient (Wildman–Crippen LogP) is 3.18. The molecule has 0 spiro atoms. The second-order valence-electron chi connectivity index (χ2n) is 8.39. The molecule has 0 N–H and O–H groups in total. The number of halogens is 5. The summed E-state index contributed by atoms with van der Waals surface area (Å²) in [6.45, 7) is 2.37. The van der Waals surface area contributed by atoms with Gasteiger partial charge in [0.05, 0.1) is 97.2 Å². The molecule has 11 nitrogen and oxygen atoms in total. The zero-order valence-corrected chi connectivity index (χ0v) is 24.4. The Kier molecular flexibility index (Phi) is 17.9. The predicted molar refractivity (Wildman–Crippen MR) is 141 cm³/mol. The number of carbonyl (C=O) groups excluding carboxylic acids is 1. The van der Waals surface area contributed by atoms with Gasteiger partial charge in [-0.1, -0.05) is 18.2 Å². The van der Waals surface area contributed by atoms with Gasteiger partial charge in [-0.25, -0.2) is 13.2 Å². The summed E-state index contributed by atoms with van der Waals surface area (Å²) in [4.78, 5) is 11.7. The van der Waals surface area contributed by atoms with E-state index in [1.165, 1.54) is 12.1 Å². The number of hydrogen-bond acceptors (Lipinski definition) is 11. The lowest BCUT2D eigenvalue weighted by Crippen LogP contribution is -2.16. The van der Waals surface area contributed by atoms with Crippen molar-refractivity contribution in [2.24, 2.45) is 0 Å². The minimum Gasteiger partial charge on any atom is -0.420 e. The maximum absolute atomic E-state index is 13.5. The molecule has 0 aliphatic rings. The van der Waals surface area contributed by atoms with Crippen molar-refractivity contribution < 1.29 is 72.5 Å². The summed E-state index contributed by atoms with van der Waals surface area (Å²) < 4.78 is 131.